The summed E-state index contributed by atoms with van der Waals surface area (Å²) in [5.41, 5.74) is -1.31. The van der Waals surface area contributed by atoms with Crippen molar-refractivity contribution in [2.75, 3.05) is 6.54 Å². The maximum absolute atomic E-state index is 12.0. The van der Waals surface area contributed by atoms with Gasteiger partial charge in [-0.2, -0.15) is 0 Å². The van der Waals surface area contributed by atoms with E-state index >= 15 is 0 Å². The van der Waals surface area contributed by atoms with E-state index in [-0.39, 0.29) is 6.54 Å². The van der Waals surface area contributed by atoms with Crippen LogP contribution in [0.5, 0.6) is 0 Å². The summed E-state index contributed by atoms with van der Waals surface area (Å²) in [6.45, 7) is 9.94. The standard InChI is InChI=1S/C18H37NO3/c1-6-8-10-12-14-18(5,13-11-9-7-2)22-16(20)19-15-17(3,4)21/h21H,6-15H2,1-5H3,(H,19,20). The minimum Gasteiger partial charge on any atom is -0.443 e. The molecule has 0 saturated carbocycles. The molecule has 0 aromatic carbocycles. The molecule has 0 rings (SSSR count). The first-order valence-electron chi connectivity index (χ1n) is 8.91. The summed E-state index contributed by atoms with van der Waals surface area (Å²) in [6, 6.07) is 0. The summed E-state index contributed by atoms with van der Waals surface area (Å²) in [7, 11) is 0. The second-order valence-electron chi connectivity index (χ2n) is 7.27. The number of rotatable bonds is 12. The molecule has 132 valence electrons. The van der Waals surface area contributed by atoms with Gasteiger partial charge in [-0.25, -0.2) is 4.79 Å². The van der Waals surface area contributed by atoms with E-state index < -0.39 is 17.3 Å². The van der Waals surface area contributed by atoms with Crippen LogP contribution >= 0.6 is 0 Å². The largest absolute Gasteiger partial charge is 0.443 e. The number of hydrogen-bond donors (Lipinski definition) is 2. The number of aliphatic hydroxyl groups is 1. The van der Waals surface area contributed by atoms with Gasteiger partial charge < -0.3 is 15.2 Å². The molecule has 0 fully saturated rings. The summed E-state index contributed by atoms with van der Waals surface area (Å²) < 4.78 is 5.70. The van der Waals surface area contributed by atoms with E-state index in [2.05, 4.69) is 19.2 Å². The molecule has 0 heterocycles. The van der Waals surface area contributed by atoms with Gasteiger partial charge in [-0.3, -0.25) is 0 Å². The molecule has 1 amide bonds. The van der Waals surface area contributed by atoms with Crippen LogP contribution in [0.15, 0.2) is 0 Å². The Hall–Kier alpha value is -0.770. The number of amides is 1. The molecule has 0 saturated heterocycles. The number of carbonyl (C=O) groups is 1. The van der Waals surface area contributed by atoms with Crippen molar-refractivity contribution >= 4 is 6.09 Å². The predicted octanol–water partition coefficient (Wildman–Crippen LogP) is 4.79. The Morgan fingerprint density at radius 3 is 1.95 bits per heavy atom. The van der Waals surface area contributed by atoms with Gasteiger partial charge in [-0.05, 0) is 46.5 Å². The minimum absolute atomic E-state index is 0.201. The van der Waals surface area contributed by atoms with Crippen LogP contribution in [0.1, 0.15) is 92.4 Å². The highest BCUT2D eigenvalue weighted by atomic mass is 16.6. The predicted molar refractivity (Wildman–Crippen MR) is 92.1 cm³/mol. The van der Waals surface area contributed by atoms with Crippen molar-refractivity contribution < 1.29 is 14.6 Å². The van der Waals surface area contributed by atoms with Crippen LogP contribution in [-0.4, -0.2) is 28.9 Å². The SMILES string of the molecule is CCCCCCC(C)(CCCCC)OC(=O)NCC(C)(C)O. The fourth-order valence-electron chi connectivity index (χ4n) is 2.45. The van der Waals surface area contributed by atoms with E-state index in [1.54, 1.807) is 13.8 Å². The van der Waals surface area contributed by atoms with Crippen molar-refractivity contribution in [1.82, 2.24) is 5.32 Å². The highest BCUT2D eigenvalue weighted by Gasteiger charge is 2.28. The molecular formula is C18H37NO3. The lowest BCUT2D eigenvalue weighted by Crippen LogP contribution is -2.42. The van der Waals surface area contributed by atoms with Gasteiger partial charge in [0, 0.05) is 6.54 Å². The van der Waals surface area contributed by atoms with Crippen LogP contribution < -0.4 is 5.32 Å². The zero-order chi connectivity index (χ0) is 17.1. The third-order valence-electron chi connectivity index (χ3n) is 3.87. The minimum atomic E-state index is -0.918. The van der Waals surface area contributed by atoms with Crippen molar-refractivity contribution in [1.29, 1.82) is 0 Å². The van der Waals surface area contributed by atoms with Crippen LogP contribution in [0, 0.1) is 0 Å². The van der Waals surface area contributed by atoms with Gasteiger partial charge in [-0.15, -0.1) is 0 Å². The van der Waals surface area contributed by atoms with Crippen molar-refractivity contribution in [2.45, 2.75) is 104 Å². The normalized spacial score (nSPS) is 14.5. The lowest BCUT2D eigenvalue weighted by Gasteiger charge is -2.30. The van der Waals surface area contributed by atoms with Crippen molar-refractivity contribution in [2.24, 2.45) is 0 Å². The van der Waals surface area contributed by atoms with E-state index in [4.69, 9.17) is 4.74 Å². The number of hydrogen-bond acceptors (Lipinski definition) is 3. The first kappa shape index (κ1) is 21.2. The van der Waals surface area contributed by atoms with Gasteiger partial charge in [0.05, 0.1) is 5.60 Å². The van der Waals surface area contributed by atoms with Crippen molar-refractivity contribution in [3.05, 3.63) is 0 Å². The van der Waals surface area contributed by atoms with Crippen LogP contribution in [0.3, 0.4) is 0 Å². The monoisotopic (exact) mass is 315 g/mol. The maximum Gasteiger partial charge on any atom is 0.407 e. The van der Waals surface area contributed by atoms with Crippen molar-refractivity contribution in [3.63, 3.8) is 0 Å². The first-order valence-corrected chi connectivity index (χ1v) is 8.91. The quantitative estimate of drug-likeness (QED) is 0.509. The van der Waals surface area contributed by atoms with Gasteiger partial charge in [0.15, 0.2) is 0 Å². The third-order valence-corrected chi connectivity index (χ3v) is 3.87. The average molecular weight is 315 g/mol. The van der Waals surface area contributed by atoms with Crippen molar-refractivity contribution in [3.8, 4) is 0 Å². The van der Waals surface area contributed by atoms with Gasteiger partial charge in [0.2, 0.25) is 0 Å². The van der Waals surface area contributed by atoms with E-state index in [0.29, 0.717) is 0 Å². The number of unbranched alkanes of at least 4 members (excludes halogenated alkanes) is 5. The van der Waals surface area contributed by atoms with E-state index in [0.717, 1.165) is 32.1 Å². The van der Waals surface area contributed by atoms with E-state index in [9.17, 15) is 9.90 Å². The molecule has 22 heavy (non-hydrogen) atoms. The number of carbonyl (C=O) groups excluding carboxylic acids is 1. The second-order valence-corrected chi connectivity index (χ2v) is 7.27. The Labute approximate surface area is 137 Å². The second kappa shape index (κ2) is 10.9. The van der Waals surface area contributed by atoms with Gasteiger partial charge in [0.25, 0.3) is 0 Å². The molecule has 4 nitrogen and oxygen atoms in total. The molecule has 4 heteroatoms. The first-order chi connectivity index (χ1) is 10.2. The van der Waals surface area contributed by atoms with Crippen LogP contribution in [0.25, 0.3) is 0 Å². The Kier molecular flexibility index (Phi) is 10.5. The van der Waals surface area contributed by atoms with E-state index in [1.165, 1.54) is 25.7 Å². The smallest absolute Gasteiger partial charge is 0.407 e. The molecule has 2 N–H and O–H groups in total. The molecule has 0 aliphatic heterocycles. The highest BCUT2D eigenvalue weighted by molar-refractivity contribution is 5.67. The molecule has 0 radical (unpaired) electrons. The fourth-order valence-corrected chi connectivity index (χ4v) is 2.45. The van der Waals surface area contributed by atoms with Gasteiger partial charge >= 0.3 is 6.09 Å². The molecule has 0 aliphatic rings. The molecule has 0 aliphatic carbocycles. The Morgan fingerprint density at radius 2 is 1.45 bits per heavy atom. The highest BCUT2D eigenvalue weighted by Crippen LogP contribution is 2.26. The lowest BCUT2D eigenvalue weighted by atomic mass is 9.91. The molecule has 0 bridgehead atoms. The molecule has 0 spiro atoms. The van der Waals surface area contributed by atoms with Crippen LogP contribution in [0.2, 0.25) is 0 Å². The number of ether oxygens (including phenoxy) is 1. The van der Waals surface area contributed by atoms with Gasteiger partial charge in [0.1, 0.15) is 5.60 Å². The zero-order valence-electron chi connectivity index (χ0n) is 15.3. The Bertz CT molecular complexity index is 299. The van der Waals surface area contributed by atoms with Crippen LogP contribution in [-0.2, 0) is 4.74 Å². The summed E-state index contributed by atoms with van der Waals surface area (Å²) in [5.74, 6) is 0. The number of alkyl carbamates (subject to hydrolysis) is 1. The number of nitrogens with one attached hydrogen (secondary N) is 1. The summed E-state index contributed by atoms with van der Waals surface area (Å²) in [4.78, 5) is 12.0. The van der Waals surface area contributed by atoms with E-state index in [1.807, 2.05) is 6.92 Å². The Balaban J connectivity index is 4.39. The summed E-state index contributed by atoms with van der Waals surface area (Å²) >= 11 is 0. The average Bonchev–Trinajstić information content (AvgIpc) is 2.41. The topological polar surface area (TPSA) is 58.6 Å². The molecule has 0 aromatic heterocycles. The summed E-state index contributed by atoms with van der Waals surface area (Å²) in [6.07, 6.45) is 9.53. The third kappa shape index (κ3) is 11.8. The maximum atomic E-state index is 12.0. The zero-order valence-corrected chi connectivity index (χ0v) is 15.3. The molecular weight excluding hydrogens is 278 g/mol. The lowest BCUT2D eigenvalue weighted by molar-refractivity contribution is 0.00309. The Morgan fingerprint density at radius 1 is 0.955 bits per heavy atom. The fraction of sp³-hybridized carbons (Fsp3) is 0.944. The molecule has 0 aromatic rings. The molecule has 1 atom stereocenters. The van der Waals surface area contributed by atoms with Crippen LogP contribution in [0.4, 0.5) is 4.79 Å². The molecule has 1 unspecified atom stereocenters. The van der Waals surface area contributed by atoms with Gasteiger partial charge in [-0.1, -0.05) is 46.0 Å². The summed E-state index contributed by atoms with van der Waals surface area (Å²) in [5, 5.41) is 12.3.